The first kappa shape index (κ1) is 29.8. The third-order valence-electron chi connectivity index (χ3n) is 9.18. The van der Waals surface area contributed by atoms with Crippen LogP contribution in [0.3, 0.4) is 0 Å². The summed E-state index contributed by atoms with van der Waals surface area (Å²) >= 11 is 6.35. The van der Waals surface area contributed by atoms with E-state index in [1.165, 1.54) is 22.3 Å². The molecule has 0 unspecified atom stereocenters. The molecule has 3 nitrogen and oxygen atoms in total. The van der Waals surface area contributed by atoms with Crippen LogP contribution in [-0.2, 0) is 0 Å². The van der Waals surface area contributed by atoms with Gasteiger partial charge in [0.25, 0.3) is 0 Å². The van der Waals surface area contributed by atoms with Crippen molar-refractivity contribution in [3.63, 3.8) is 0 Å². The molecular formula is C46H29ClN2O. The van der Waals surface area contributed by atoms with Crippen LogP contribution in [0.25, 0.3) is 89.2 Å². The van der Waals surface area contributed by atoms with Gasteiger partial charge in [0.2, 0.25) is 0 Å². The summed E-state index contributed by atoms with van der Waals surface area (Å²) in [6, 6.07) is 60.6. The van der Waals surface area contributed by atoms with Crippen molar-refractivity contribution in [2.45, 2.75) is 0 Å². The predicted molar refractivity (Wildman–Crippen MR) is 207 cm³/mol. The molecule has 0 radical (unpaired) electrons. The molecule has 4 heteroatoms. The molecule has 50 heavy (non-hydrogen) atoms. The lowest BCUT2D eigenvalue weighted by atomic mass is 9.96. The zero-order valence-electron chi connectivity index (χ0n) is 26.9. The predicted octanol–water partition coefficient (Wildman–Crippen LogP) is 13.0. The third kappa shape index (κ3) is 5.74. The number of benzene rings is 7. The van der Waals surface area contributed by atoms with E-state index in [-0.39, 0.29) is 0 Å². The molecule has 0 N–H and O–H groups in total. The van der Waals surface area contributed by atoms with E-state index in [1.54, 1.807) is 0 Å². The summed E-state index contributed by atoms with van der Waals surface area (Å²) in [5.74, 6) is 0.677. The highest BCUT2D eigenvalue weighted by Crippen LogP contribution is 2.35. The van der Waals surface area contributed by atoms with Crippen molar-refractivity contribution in [1.82, 2.24) is 9.97 Å². The van der Waals surface area contributed by atoms with Gasteiger partial charge in [0, 0.05) is 32.5 Å². The van der Waals surface area contributed by atoms with Gasteiger partial charge in [0.1, 0.15) is 11.2 Å². The summed E-state index contributed by atoms with van der Waals surface area (Å²) in [6.07, 6.45) is 0. The van der Waals surface area contributed by atoms with Crippen LogP contribution in [0.5, 0.6) is 0 Å². The Morgan fingerprint density at radius 2 is 0.860 bits per heavy atom. The van der Waals surface area contributed by atoms with E-state index in [0.29, 0.717) is 10.8 Å². The van der Waals surface area contributed by atoms with Gasteiger partial charge < -0.3 is 4.42 Å². The monoisotopic (exact) mass is 660 g/mol. The second-order valence-electron chi connectivity index (χ2n) is 12.4. The number of para-hydroxylation sites is 1. The number of hydrogen-bond acceptors (Lipinski definition) is 3. The molecule has 0 aliphatic carbocycles. The fourth-order valence-corrected chi connectivity index (χ4v) is 6.77. The van der Waals surface area contributed by atoms with Gasteiger partial charge in [-0.1, -0.05) is 145 Å². The Hall–Kier alpha value is -6.29. The Labute approximate surface area is 295 Å². The van der Waals surface area contributed by atoms with E-state index in [0.717, 1.165) is 61.1 Å². The smallest absolute Gasteiger partial charge is 0.160 e. The van der Waals surface area contributed by atoms with Crippen LogP contribution in [0.4, 0.5) is 0 Å². The maximum absolute atomic E-state index is 6.35. The fourth-order valence-electron chi connectivity index (χ4n) is 6.58. The minimum Gasteiger partial charge on any atom is -0.456 e. The van der Waals surface area contributed by atoms with E-state index in [1.807, 2.05) is 72.8 Å². The number of nitrogens with zero attached hydrogens (tertiary/aromatic N) is 2. The first-order valence-electron chi connectivity index (χ1n) is 16.6. The molecule has 9 aromatic rings. The van der Waals surface area contributed by atoms with Gasteiger partial charge in [-0.25, -0.2) is 9.97 Å². The Balaban J connectivity index is 1.00. The molecule has 0 saturated carbocycles. The highest BCUT2D eigenvalue weighted by atomic mass is 35.5. The molecule has 0 fully saturated rings. The number of aromatic nitrogens is 2. The molecule has 0 aliphatic rings. The summed E-state index contributed by atoms with van der Waals surface area (Å²) in [5, 5.41) is 2.95. The average molecular weight is 661 g/mol. The van der Waals surface area contributed by atoms with Crippen LogP contribution in [0.2, 0.25) is 5.02 Å². The van der Waals surface area contributed by atoms with Crippen molar-refractivity contribution >= 4 is 33.5 Å². The molecule has 0 atom stereocenters. The zero-order chi connectivity index (χ0) is 33.4. The van der Waals surface area contributed by atoms with Gasteiger partial charge in [0.05, 0.1) is 11.4 Å². The van der Waals surface area contributed by atoms with E-state index in [4.69, 9.17) is 26.0 Å². The number of halogens is 1. The SMILES string of the molecule is Clc1cccc(-c2cc(-c3ccc(-c4cccc(-c5ccc(-c6ccc7oc8ccccc8c7c6)cc5)c4)cc3)nc(-c3ccccc3)n2)c1. The summed E-state index contributed by atoms with van der Waals surface area (Å²) in [5.41, 5.74) is 13.4. The maximum Gasteiger partial charge on any atom is 0.160 e. The van der Waals surface area contributed by atoms with E-state index >= 15 is 0 Å². The van der Waals surface area contributed by atoms with Crippen LogP contribution in [0.1, 0.15) is 0 Å². The highest BCUT2D eigenvalue weighted by Gasteiger charge is 2.12. The van der Waals surface area contributed by atoms with Crippen LogP contribution < -0.4 is 0 Å². The lowest BCUT2D eigenvalue weighted by Crippen LogP contribution is -1.96. The average Bonchev–Trinajstić information content (AvgIpc) is 3.56. The lowest BCUT2D eigenvalue weighted by molar-refractivity contribution is 0.669. The number of furan rings is 1. The number of fused-ring (bicyclic) bond motifs is 3. The molecular weight excluding hydrogens is 632 g/mol. The Bertz CT molecular complexity index is 2640. The molecule has 2 heterocycles. The highest BCUT2D eigenvalue weighted by molar-refractivity contribution is 6.30. The first-order chi connectivity index (χ1) is 24.6. The van der Waals surface area contributed by atoms with Gasteiger partial charge in [-0.2, -0.15) is 0 Å². The fraction of sp³-hybridized carbons (Fsp3) is 0. The van der Waals surface area contributed by atoms with Crippen LogP contribution in [-0.4, -0.2) is 9.97 Å². The van der Waals surface area contributed by atoms with Gasteiger partial charge in [0.15, 0.2) is 5.82 Å². The normalized spacial score (nSPS) is 11.3. The van der Waals surface area contributed by atoms with Crippen molar-refractivity contribution in [3.8, 4) is 67.3 Å². The Morgan fingerprint density at radius 3 is 1.56 bits per heavy atom. The lowest BCUT2D eigenvalue weighted by Gasteiger charge is -2.11. The zero-order valence-corrected chi connectivity index (χ0v) is 27.7. The molecule has 0 bridgehead atoms. The minimum absolute atomic E-state index is 0.674. The summed E-state index contributed by atoms with van der Waals surface area (Å²) in [6.45, 7) is 0. The largest absolute Gasteiger partial charge is 0.456 e. The second-order valence-corrected chi connectivity index (χ2v) is 12.8. The summed E-state index contributed by atoms with van der Waals surface area (Å²) < 4.78 is 6.03. The molecule has 0 amide bonds. The van der Waals surface area contributed by atoms with Gasteiger partial charge in [-0.3, -0.25) is 0 Å². The molecule has 0 spiro atoms. The van der Waals surface area contributed by atoms with Crippen molar-refractivity contribution < 1.29 is 4.42 Å². The third-order valence-corrected chi connectivity index (χ3v) is 9.42. The summed E-state index contributed by atoms with van der Waals surface area (Å²) in [4.78, 5) is 9.90. The van der Waals surface area contributed by atoms with Crippen molar-refractivity contribution in [1.29, 1.82) is 0 Å². The van der Waals surface area contributed by atoms with E-state index < -0.39 is 0 Å². The second kappa shape index (κ2) is 12.6. The molecule has 2 aromatic heterocycles. The van der Waals surface area contributed by atoms with Gasteiger partial charge >= 0.3 is 0 Å². The molecule has 7 aromatic carbocycles. The number of rotatable bonds is 6. The number of hydrogen-bond donors (Lipinski definition) is 0. The van der Waals surface area contributed by atoms with Crippen LogP contribution in [0.15, 0.2) is 180 Å². The quantitative estimate of drug-likeness (QED) is 0.178. The van der Waals surface area contributed by atoms with Gasteiger partial charge in [-0.05, 0) is 75.8 Å². The topological polar surface area (TPSA) is 38.9 Å². The Kier molecular flexibility index (Phi) is 7.53. The first-order valence-corrected chi connectivity index (χ1v) is 17.0. The van der Waals surface area contributed by atoms with Crippen molar-refractivity contribution in [2.75, 3.05) is 0 Å². The molecule has 9 rings (SSSR count). The minimum atomic E-state index is 0.674. The van der Waals surface area contributed by atoms with Crippen molar-refractivity contribution in [2.24, 2.45) is 0 Å². The van der Waals surface area contributed by atoms with E-state index in [9.17, 15) is 0 Å². The van der Waals surface area contributed by atoms with Gasteiger partial charge in [-0.15, -0.1) is 0 Å². The van der Waals surface area contributed by atoms with Crippen LogP contribution in [0, 0.1) is 0 Å². The molecule has 0 aliphatic heterocycles. The molecule has 0 saturated heterocycles. The van der Waals surface area contributed by atoms with Crippen LogP contribution >= 0.6 is 11.6 Å². The Morgan fingerprint density at radius 1 is 0.340 bits per heavy atom. The molecule has 236 valence electrons. The summed E-state index contributed by atoms with van der Waals surface area (Å²) in [7, 11) is 0. The van der Waals surface area contributed by atoms with Crippen molar-refractivity contribution in [3.05, 3.63) is 181 Å². The maximum atomic E-state index is 6.35. The standard InChI is InChI=1S/C46H29ClN2O/c47-39-13-7-12-38(27-39)43-29-42(48-46(49-43)34-8-2-1-3-9-34)33-22-20-31(21-23-33)36-11-6-10-35(26-36)30-16-18-32(19-17-30)37-24-25-45-41(28-37)40-14-4-5-15-44(40)50-45/h1-29H. The van der Waals surface area contributed by atoms with E-state index in [2.05, 4.69) is 103 Å².